The average Bonchev–Trinajstić information content (AvgIpc) is 3.22. The predicted octanol–water partition coefficient (Wildman–Crippen LogP) is 4.18. The van der Waals surface area contributed by atoms with Crippen molar-refractivity contribution in [2.75, 3.05) is 18.8 Å². The summed E-state index contributed by atoms with van der Waals surface area (Å²) >= 11 is 1.89. The number of carbonyl (C=O) groups excluding carboxylic acids is 1. The minimum atomic E-state index is -3.27. The number of hydrogen-bond donors (Lipinski definition) is 0. The Bertz CT molecular complexity index is 881. The van der Waals surface area contributed by atoms with Gasteiger partial charge in [0.25, 0.3) is 0 Å². The summed E-state index contributed by atoms with van der Waals surface area (Å²) in [7, 11) is -3.27. The minimum absolute atomic E-state index is 0.117. The summed E-state index contributed by atoms with van der Waals surface area (Å²) in [6.45, 7) is 4.94. The summed E-state index contributed by atoms with van der Waals surface area (Å²) in [6, 6.07) is 10.6. The Morgan fingerprint density at radius 2 is 1.86 bits per heavy atom. The molecule has 2 aromatic rings. The van der Waals surface area contributed by atoms with E-state index in [-0.39, 0.29) is 5.91 Å². The lowest BCUT2D eigenvalue weighted by molar-refractivity contribution is -0.131. The molecular formula is C22H29NO4S2. The molecule has 5 nitrogen and oxygen atoms in total. The fourth-order valence-corrected chi connectivity index (χ4v) is 5.64. The molecule has 2 heterocycles. The Morgan fingerprint density at radius 1 is 1.17 bits per heavy atom. The predicted molar refractivity (Wildman–Crippen MR) is 117 cm³/mol. The molecule has 29 heavy (non-hydrogen) atoms. The largest absolute Gasteiger partial charge is 0.468 e. The molecule has 1 amide bonds. The second-order valence-corrected chi connectivity index (χ2v) is 11.4. The number of amides is 1. The number of carbonyl (C=O) groups is 1. The molecule has 0 atom stereocenters. The van der Waals surface area contributed by atoms with Crippen LogP contribution in [0.5, 0.6) is 0 Å². The Hall–Kier alpha value is -1.73. The molecule has 0 saturated carbocycles. The van der Waals surface area contributed by atoms with E-state index in [4.69, 9.17) is 4.42 Å². The molecule has 0 bridgehead atoms. The first-order chi connectivity index (χ1) is 13.9. The van der Waals surface area contributed by atoms with E-state index in [1.54, 1.807) is 44.4 Å². The zero-order chi connectivity index (χ0) is 20.9. The van der Waals surface area contributed by atoms with E-state index in [1.165, 1.54) is 0 Å². The lowest BCUT2D eigenvalue weighted by Crippen LogP contribution is -2.39. The van der Waals surface area contributed by atoms with Gasteiger partial charge in [0, 0.05) is 13.1 Å². The van der Waals surface area contributed by atoms with Crippen molar-refractivity contribution in [1.29, 1.82) is 0 Å². The van der Waals surface area contributed by atoms with Crippen molar-refractivity contribution < 1.29 is 17.6 Å². The van der Waals surface area contributed by atoms with E-state index >= 15 is 0 Å². The monoisotopic (exact) mass is 435 g/mol. The number of benzene rings is 1. The maximum Gasteiger partial charge on any atom is 0.226 e. The zero-order valence-electron chi connectivity index (χ0n) is 17.0. The van der Waals surface area contributed by atoms with Gasteiger partial charge in [-0.3, -0.25) is 4.79 Å². The Morgan fingerprint density at radius 3 is 2.45 bits per heavy atom. The molecule has 3 rings (SSSR count). The standard InChI is InChI=1S/C22H29NO4S2/c1-17(2)29(25,26)21-7-5-18(6-8-21)14-22(24)23-11-9-19(10-12-23)15-28-16-20-4-3-13-27-20/h3-8,13,17,19H,9-12,14-16H2,1-2H3. The second kappa shape index (κ2) is 9.85. The molecule has 0 aliphatic carbocycles. The molecule has 1 aromatic heterocycles. The summed E-state index contributed by atoms with van der Waals surface area (Å²) in [5.41, 5.74) is 0.855. The van der Waals surface area contributed by atoms with E-state index in [2.05, 4.69) is 0 Å². The van der Waals surface area contributed by atoms with Crippen LogP contribution in [0.25, 0.3) is 0 Å². The number of piperidine rings is 1. The van der Waals surface area contributed by atoms with E-state index < -0.39 is 15.1 Å². The summed E-state index contributed by atoms with van der Waals surface area (Å²) in [5.74, 6) is 3.75. The Kier molecular flexibility index (Phi) is 7.46. The third-order valence-electron chi connectivity index (χ3n) is 5.37. The molecule has 7 heteroatoms. The molecule has 1 fully saturated rings. The van der Waals surface area contributed by atoms with Gasteiger partial charge in [-0.05, 0) is 68.2 Å². The van der Waals surface area contributed by atoms with Crippen LogP contribution in [0.1, 0.15) is 38.0 Å². The fourth-order valence-electron chi connectivity index (χ4n) is 3.43. The Balaban J connectivity index is 1.43. The van der Waals surface area contributed by atoms with Crippen LogP contribution in [0.3, 0.4) is 0 Å². The van der Waals surface area contributed by atoms with Gasteiger partial charge in [-0.15, -0.1) is 0 Å². The molecule has 0 unspecified atom stereocenters. The first kappa shape index (κ1) is 22.0. The maximum atomic E-state index is 12.6. The van der Waals surface area contributed by atoms with Crippen molar-refractivity contribution in [3.8, 4) is 0 Å². The van der Waals surface area contributed by atoms with Crippen molar-refractivity contribution >= 4 is 27.5 Å². The van der Waals surface area contributed by atoms with Gasteiger partial charge in [0.1, 0.15) is 5.76 Å². The SMILES string of the molecule is CC(C)S(=O)(=O)c1ccc(CC(=O)N2CCC(CSCc3ccco3)CC2)cc1. The number of furan rings is 1. The zero-order valence-corrected chi connectivity index (χ0v) is 18.7. The maximum absolute atomic E-state index is 12.6. The fraction of sp³-hybridized carbons (Fsp3) is 0.500. The molecule has 1 saturated heterocycles. The molecule has 1 aliphatic heterocycles. The van der Waals surface area contributed by atoms with E-state index in [0.29, 0.717) is 17.2 Å². The van der Waals surface area contributed by atoms with E-state index in [0.717, 1.165) is 48.8 Å². The molecule has 0 radical (unpaired) electrons. The highest BCUT2D eigenvalue weighted by molar-refractivity contribution is 7.98. The van der Waals surface area contributed by atoms with Crippen molar-refractivity contribution in [1.82, 2.24) is 4.90 Å². The quantitative estimate of drug-likeness (QED) is 0.622. The summed E-state index contributed by atoms with van der Waals surface area (Å²) < 4.78 is 29.8. The lowest BCUT2D eigenvalue weighted by atomic mass is 9.98. The molecule has 158 valence electrons. The van der Waals surface area contributed by atoms with Gasteiger partial charge in [0.05, 0.1) is 28.6 Å². The molecule has 1 aromatic carbocycles. The van der Waals surface area contributed by atoms with Crippen LogP contribution >= 0.6 is 11.8 Å². The topological polar surface area (TPSA) is 67.6 Å². The van der Waals surface area contributed by atoms with Crippen molar-refractivity contribution in [2.45, 2.75) is 49.0 Å². The highest BCUT2D eigenvalue weighted by Crippen LogP contribution is 2.24. The molecule has 1 aliphatic rings. The second-order valence-electron chi connectivity index (χ2n) is 7.83. The van der Waals surface area contributed by atoms with Crippen LogP contribution in [-0.2, 0) is 26.8 Å². The summed E-state index contributed by atoms with van der Waals surface area (Å²) in [4.78, 5) is 14.9. The number of likely N-dealkylation sites (tertiary alicyclic amines) is 1. The van der Waals surface area contributed by atoms with Gasteiger partial charge in [-0.25, -0.2) is 8.42 Å². The van der Waals surface area contributed by atoms with Crippen LogP contribution in [0.4, 0.5) is 0 Å². The van der Waals surface area contributed by atoms with Gasteiger partial charge in [0.2, 0.25) is 5.91 Å². The molecule has 0 N–H and O–H groups in total. The van der Waals surface area contributed by atoms with Crippen LogP contribution in [0.15, 0.2) is 52.0 Å². The van der Waals surface area contributed by atoms with Gasteiger partial charge in [-0.2, -0.15) is 11.8 Å². The first-order valence-corrected chi connectivity index (χ1v) is 12.8. The van der Waals surface area contributed by atoms with E-state index in [1.807, 2.05) is 28.8 Å². The third-order valence-corrected chi connectivity index (χ3v) is 8.74. The third kappa shape index (κ3) is 5.89. The van der Waals surface area contributed by atoms with Gasteiger partial charge >= 0.3 is 0 Å². The number of rotatable bonds is 8. The smallest absolute Gasteiger partial charge is 0.226 e. The first-order valence-electron chi connectivity index (χ1n) is 10.1. The number of nitrogens with zero attached hydrogens (tertiary/aromatic N) is 1. The van der Waals surface area contributed by atoms with Crippen molar-refractivity contribution in [3.63, 3.8) is 0 Å². The number of thioether (sulfide) groups is 1. The van der Waals surface area contributed by atoms with Gasteiger partial charge in [0.15, 0.2) is 9.84 Å². The van der Waals surface area contributed by atoms with Gasteiger partial charge < -0.3 is 9.32 Å². The highest BCUT2D eigenvalue weighted by atomic mass is 32.2. The Labute approximate surface area is 177 Å². The highest BCUT2D eigenvalue weighted by Gasteiger charge is 2.23. The number of hydrogen-bond acceptors (Lipinski definition) is 5. The molecule has 0 spiro atoms. The average molecular weight is 436 g/mol. The molecular weight excluding hydrogens is 406 g/mol. The number of sulfone groups is 1. The van der Waals surface area contributed by atoms with Crippen LogP contribution < -0.4 is 0 Å². The van der Waals surface area contributed by atoms with Crippen LogP contribution in [-0.4, -0.2) is 43.3 Å². The van der Waals surface area contributed by atoms with Gasteiger partial charge in [-0.1, -0.05) is 12.1 Å². The van der Waals surface area contributed by atoms with E-state index in [9.17, 15) is 13.2 Å². The van der Waals surface area contributed by atoms with Crippen LogP contribution in [0.2, 0.25) is 0 Å². The van der Waals surface area contributed by atoms with Crippen LogP contribution in [0, 0.1) is 5.92 Å². The lowest BCUT2D eigenvalue weighted by Gasteiger charge is -2.32. The van der Waals surface area contributed by atoms with Crippen molar-refractivity contribution in [2.24, 2.45) is 5.92 Å². The summed E-state index contributed by atoms with van der Waals surface area (Å²) in [6.07, 6.45) is 4.08. The minimum Gasteiger partial charge on any atom is -0.468 e. The summed E-state index contributed by atoms with van der Waals surface area (Å²) in [5, 5.41) is -0.450. The van der Waals surface area contributed by atoms with Crippen molar-refractivity contribution in [3.05, 3.63) is 54.0 Å². The normalized spacial score (nSPS) is 15.8.